The number of oxime groups is 1. The summed E-state index contributed by atoms with van der Waals surface area (Å²) in [5, 5.41) is 24.9. The van der Waals surface area contributed by atoms with Crippen LogP contribution >= 0.6 is 11.8 Å². The highest BCUT2D eigenvalue weighted by atomic mass is 32.2. The predicted octanol–water partition coefficient (Wildman–Crippen LogP) is 1.24. The minimum Gasteiger partial charge on any atom is -0.409 e. The molecule has 0 saturated heterocycles. The first-order chi connectivity index (χ1) is 8.25. The van der Waals surface area contributed by atoms with Gasteiger partial charge in [0, 0.05) is 17.7 Å². The van der Waals surface area contributed by atoms with Crippen LogP contribution in [0.5, 0.6) is 0 Å². The molecule has 5 N–H and O–H groups in total. The Morgan fingerprint density at radius 2 is 2.00 bits per heavy atom. The first-order valence-electron chi connectivity index (χ1n) is 6.15. The highest BCUT2D eigenvalue weighted by Crippen LogP contribution is 2.21. The molecule has 0 aliphatic heterocycles. The van der Waals surface area contributed by atoms with Crippen molar-refractivity contribution >= 4 is 17.6 Å². The maximum Gasteiger partial charge on any atom is 0.144 e. The molecule has 0 aromatic carbocycles. The van der Waals surface area contributed by atoms with Crippen LogP contribution in [0.1, 0.15) is 33.6 Å². The lowest BCUT2D eigenvalue weighted by atomic mass is 9.86. The van der Waals surface area contributed by atoms with Crippen LogP contribution in [0.15, 0.2) is 5.16 Å². The lowest BCUT2D eigenvalue weighted by Gasteiger charge is -2.24. The minimum absolute atomic E-state index is 0.261. The smallest absolute Gasteiger partial charge is 0.144 e. The highest BCUT2D eigenvalue weighted by Gasteiger charge is 2.23. The van der Waals surface area contributed by atoms with Crippen LogP contribution in [0.4, 0.5) is 0 Å². The van der Waals surface area contributed by atoms with Crippen LogP contribution in [0.2, 0.25) is 0 Å². The van der Waals surface area contributed by atoms with Crippen molar-refractivity contribution < 1.29 is 10.3 Å². The molecule has 0 fully saturated rings. The van der Waals surface area contributed by atoms with Gasteiger partial charge in [0.2, 0.25) is 0 Å². The van der Waals surface area contributed by atoms with Crippen molar-refractivity contribution in [1.82, 2.24) is 5.32 Å². The molecular formula is C12H27N3O2S. The Hall–Kier alpha value is -0.460. The van der Waals surface area contributed by atoms with Crippen LogP contribution in [-0.2, 0) is 0 Å². The fourth-order valence-electron chi connectivity index (χ4n) is 1.64. The molecule has 5 nitrogen and oxygen atoms in total. The van der Waals surface area contributed by atoms with Crippen LogP contribution in [0.25, 0.3) is 0 Å². The number of hydrogen-bond acceptors (Lipinski definition) is 5. The summed E-state index contributed by atoms with van der Waals surface area (Å²) in [6.07, 6.45) is 3.73. The second-order valence-corrected chi connectivity index (χ2v) is 6.45. The first-order valence-corrected chi connectivity index (χ1v) is 7.54. The van der Waals surface area contributed by atoms with Crippen molar-refractivity contribution in [2.24, 2.45) is 16.3 Å². The molecule has 0 aromatic rings. The second kappa shape index (κ2) is 7.86. The molecule has 0 heterocycles. The van der Waals surface area contributed by atoms with Gasteiger partial charge in [-0.05, 0) is 32.6 Å². The Balaban J connectivity index is 3.81. The van der Waals surface area contributed by atoms with Gasteiger partial charge in [-0.2, -0.15) is 11.8 Å². The fourth-order valence-corrected chi connectivity index (χ4v) is 2.36. The topological polar surface area (TPSA) is 90.9 Å². The van der Waals surface area contributed by atoms with Gasteiger partial charge in [-0.25, -0.2) is 0 Å². The van der Waals surface area contributed by atoms with Crippen LogP contribution in [-0.4, -0.2) is 46.8 Å². The largest absolute Gasteiger partial charge is 0.409 e. The maximum absolute atomic E-state index is 9.94. The summed E-state index contributed by atoms with van der Waals surface area (Å²) < 4.78 is 0. The molecule has 0 aromatic heterocycles. The first kappa shape index (κ1) is 17.5. The maximum atomic E-state index is 9.94. The second-order valence-electron chi connectivity index (χ2n) is 5.58. The molecule has 0 aliphatic rings. The lowest BCUT2D eigenvalue weighted by Crippen LogP contribution is -2.40. The van der Waals surface area contributed by atoms with Gasteiger partial charge in [0.15, 0.2) is 0 Å². The standard InChI is InChI=1S/C12H27N3O2S/c1-11(2,10(13)15-17)6-5-7-14-8-12(3,16)9-18-4/h14,16-17H,5-9H2,1-4H3,(H2,13,15). The van der Waals surface area contributed by atoms with E-state index in [-0.39, 0.29) is 11.3 Å². The Morgan fingerprint density at radius 3 is 2.50 bits per heavy atom. The fraction of sp³-hybridized carbons (Fsp3) is 0.917. The van der Waals surface area contributed by atoms with Gasteiger partial charge in [0.25, 0.3) is 0 Å². The zero-order valence-corrected chi connectivity index (χ0v) is 12.7. The van der Waals surface area contributed by atoms with Crippen LogP contribution < -0.4 is 11.1 Å². The van der Waals surface area contributed by atoms with E-state index in [1.54, 1.807) is 11.8 Å². The SMILES string of the molecule is CSCC(C)(O)CNCCCC(C)(C)C(N)=NO. The molecule has 0 radical (unpaired) electrons. The van der Waals surface area contributed by atoms with Gasteiger partial charge in [-0.15, -0.1) is 0 Å². The highest BCUT2D eigenvalue weighted by molar-refractivity contribution is 7.98. The molecule has 18 heavy (non-hydrogen) atoms. The third kappa shape index (κ3) is 7.08. The van der Waals surface area contributed by atoms with Crippen molar-refractivity contribution in [1.29, 1.82) is 0 Å². The predicted molar refractivity (Wildman–Crippen MR) is 78.3 cm³/mol. The summed E-state index contributed by atoms with van der Waals surface area (Å²) in [4.78, 5) is 0. The van der Waals surface area contributed by atoms with E-state index in [1.165, 1.54) is 0 Å². The van der Waals surface area contributed by atoms with Gasteiger partial charge >= 0.3 is 0 Å². The quantitative estimate of drug-likeness (QED) is 0.167. The van der Waals surface area contributed by atoms with E-state index < -0.39 is 5.60 Å². The summed E-state index contributed by atoms with van der Waals surface area (Å²) in [6.45, 7) is 7.12. The summed E-state index contributed by atoms with van der Waals surface area (Å²) in [5.41, 5.74) is 4.65. The van der Waals surface area contributed by atoms with E-state index in [9.17, 15) is 5.11 Å². The third-order valence-electron chi connectivity index (χ3n) is 2.92. The summed E-state index contributed by atoms with van der Waals surface area (Å²) in [7, 11) is 0. The normalized spacial score (nSPS) is 16.6. The molecule has 108 valence electrons. The number of aliphatic hydroxyl groups is 1. The van der Waals surface area contributed by atoms with Gasteiger partial charge in [-0.3, -0.25) is 0 Å². The molecule has 6 heteroatoms. The third-order valence-corrected chi connectivity index (χ3v) is 3.83. The Labute approximate surface area is 114 Å². The minimum atomic E-state index is -0.666. The van der Waals surface area contributed by atoms with Crippen molar-refractivity contribution in [3.63, 3.8) is 0 Å². The number of hydrogen-bond donors (Lipinski definition) is 4. The average Bonchev–Trinajstić information content (AvgIpc) is 2.27. The Kier molecular flexibility index (Phi) is 7.66. The molecule has 0 saturated carbocycles. The van der Waals surface area contributed by atoms with E-state index in [4.69, 9.17) is 10.9 Å². The van der Waals surface area contributed by atoms with Gasteiger partial charge in [0.1, 0.15) is 5.84 Å². The van der Waals surface area contributed by atoms with Crippen molar-refractivity contribution in [3.05, 3.63) is 0 Å². The van der Waals surface area contributed by atoms with E-state index >= 15 is 0 Å². The molecule has 1 unspecified atom stereocenters. The van der Waals surface area contributed by atoms with Crippen molar-refractivity contribution in [2.75, 3.05) is 25.1 Å². The zero-order chi connectivity index (χ0) is 14.2. The molecular weight excluding hydrogens is 250 g/mol. The van der Waals surface area contributed by atoms with E-state index in [1.807, 2.05) is 27.0 Å². The molecule has 0 rings (SSSR count). The molecule has 0 amide bonds. The molecule has 0 spiro atoms. The number of thioether (sulfide) groups is 1. The number of nitrogens with zero attached hydrogens (tertiary/aromatic N) is 1. The van der Waals surface area contributed by atoms with Crippen molar-refractivity contribution in [3.8, 4) is 0 Å². The summed E-state index contributed by atoms with van der Waals surface area (Å²) >= 11 is 1.63. The summed E-state index contributed by atoms with van der Waals surface area (Å²) in [5.74, 6) is 0.979. The number of amidine groups is 1. The molecule has 0 aliphatic carbocycles. The van der Waals surface area contributed by atoms with Gasteiger partial charge in [-0.1, -0.05) is 19.0 Å². The van der Waals surface area contributed by atoms with Gasteiger partial charge in [0.05, 0.1) is 5.60 Å². The lowest BCUT2D eigenvalue weighted by molar-refractivity contribution is 0.0848. The monoisotopic (exact) mass is 277 g/mol. The van der Waals surface area contributed by atoms with Crippen LogP contribution in [0.3, 0.4) is 0 Å². The van der Waals surface area contributed by atoms with E-state index in [0.29, 0.717) is 6.54 Å². The number of nitrogens with two attached hydrogens (primary N) is 1. The average molecular weight is 277 g/mol. The van der Waals surface area contributed by atoms with Crippen molar-refractivity contribution in [2.45, 2.75) is 39.2 Å². The van der Waals surface area contributed by atoms with Crippen LogP contribution in [0, 0.1) is 5.41 Å². The van der Waals surface area contributed by atoms with Gasteiger partial charge < -0.3 is 21.4 Å². The zero-order valence-electron chi connectivity index (χ0n) is 11.9. The van der Waals surface area contributed by atoms with E-state index in [0.717, 1.165) is 25.1 Å². The van der Waals surface area contributed by atoms with E-state index in [2.05, 4.69) is 10.5 Å². The number of nitrogens with one attached hydrogen (secondary N) is 1. The molecule has 0 bridgehead atoms. The number of rotatable bonds is 9. The summed E-state index contributed by atoms with van der Waals surface area (Å²) in [6, 6.07) is 0. The molecule has 1 atom stereocenters. The Morgan fingerprint density at radius 1 is 1.39 bits per heavy atom. The Bertz CT molecular complexity index is 268.